The number of hydrogen-bond acceptors (Lipinski definition) is 2. The molecule has 1 fully saturated rings. The van der Waals surface area contributed by atoms with E-state index < -0.39 is 0 Å². The lowest BCUT2D eigenvalue weighted by Gasteiger charge is -2.48. The standard InChI is InChI=1S/C17H22O2/c1-11-14-6-4-12-10-13(19-3)5-7-15(12)17(14,2)9-8-16(11)18/h5,7,10-11,14H,4,6,8-9H2,1-3H3/t11-,14-,17?/m0/s1. The second-order valence-electron chi connectivity index (χ2n) is 6.34. The van der Waals surface area contributed by atoms with Crippen molar-refractivity contribution in [3.63, 3.8) is 0 Å². The van der Waals surface area contributed by atoms with Crippen molar-refractivity contribution in [3.05, 3.63) is 29.3 Å². The van der Waals surface area contributed by atoms with Gasteiger partial charge in [-0.15, -0.1) is 0 Å². The molecule has 1 unspecified atom stereocenters. The van der Waals surface area contributed by atoms with E-state index in [0.29, 0.717) is 11.7 Å². The molecule has 0 aliphatic heterocycles. The van der Waals surface area contributed by atoms with Crippen LogP contribution in [0.25, 0.3) is 0 Å². The molecule has 2 heteroatoms. The number of Topliss-reactive ketones (excluding diaryl/α,β-unsaturated/α-hetero) is 1. The molecule has 0 radical (unpaired) electrons. The Morgan fingerprint density at radius 1 is 1.32 bits per heavy atom. The van der Waals surface area contributed by atoms with Crippen LogP contribution in [0.5, 0.6) is 5.75 Å². The first-order chi connectivity index (χ1) is 9.06. The van der Waals surface area contributed by atoms with Crippen molar-refractivity contribution in [1.82, 2.24) is 0 Å². The summed E-state index contributed by atoms with van der Waals surface area (Å²) in [5.74, 6) is 2.13. The lowest BCUT2D eigenvalue weighted by Crippen LogP contribution is -2.46. The number of methoxy groups -OCH3 is 1. The van der Waals surface area contributed by atoms with E-state index in [2.05, 4.69) is 32.0 Å². The molecule has 0 heterocycles. The summed E-state index contributed by atoms with van der Waals surface area (Å²) in [5.41, 5.74) is 3.04. The van der Waals surface area contributed by atoms with Crippen LogP contribution in [-0.2, 0) is 16.6 Å². The van der Waals surface area contributed by atoms with Gasteiger partial charge in [0.15, 0.2) is 0 Å². The zero-order valence-corrected chi connectivity index (χ0v) is 12.0. The van der Waals surface area contributed by atoms with Crippen molar-refractivity contribution in [2.75, 3.05) is 7.11 Å². The first-order valence-electron chi connectivity index (χ1n) is 7.26. The number of carbonyl (C=O) groups is 1. The van der Waals surface area contributed by atoms with Crippen LogP contribution in [0.3, 0.4) is 0 Å². The summed E-state index contributed by atoms with van der Waals surface area (Å²) >= 11 is 0. The molecule has 1 saturated carbocycles. The highest BCUT2D eigenvalue weighted by atomic mass is 16.5. The summed E-state index contributed by atoms with van der Waals surface area (Å²) in [5, 5.41) is 0. The maximum atomic E-state index is 12.0. The number of benzene rings is 1. The molecule has 3 rings (SSSR count). The van der Waals surface area contributed by atoms with Crippen molar-refractivity contribution >= 4 is 5.78 Å². The summed E-state index contributed by atoms with van der Waals surface area (Å²) in [6, 6.07) is 6.47. The van der Waals surface area contributed by atoms with Crippen LogP contribution in [0.4, 0.5) is 0 Å². The minimum Gasteiger partial charge on any atom is -0.497 e. The SMILES string of the molecule is COc1ccc2c(c1)CC[C@H]1[C@H](C)C(=O)CCC21C. The van der Waals surface area contributed by atoms with Crippen LogP contribution in [0.2, 0.25) is 0 Å². The van der Waals surface area contributed by atoms with Gasteiger partial charge in [0, 0.05) is 12.3 Å². The van der Waals surface area contributed by atoms with Gasteiger partial charge in [0.1, 0.15) is 11.5 Å². The van der Waals surface area contributed by atoms with E-state index in [1.165, 1.54) is 11.1 Å². The Kier molecular flexibility index (Phi) is 2.92. The van der Waals surface area contributed by atoms with Crippen molar-refractivity contribution in [3.8, 4) is 5.75 Å². The van der Waals surface area contributed by atoms with E-state index in [1.54, 1.807) is 7.11 Å². The van der Waals surface area contributed by atoms with Crippen LogP contribution in [0, 0.1) is 11.8 Å². The van der Waals surface area contributed by atoms with Crippen LogP contribution < -0.4 is 4.74 Å². The molecule has 0 amide bonds. The maximum Gasteiger partial charge on any atom is 0.136 e. The van der Waals surface area contributed by atoms with Gasteiger partial charge >= 0.3 is 0 Å². The van der Waals surface area contributed by atoms with Crippen molar-refractivity contribution in [1.29, 1.82) is 0 Å². The highest BCUT2D eigenvalue weighted by Gasteiger charge is 2.47. The minimum absolute atomic E-state index is 0.174. The summed E-state index contributed by atoms with van der Waals surface area (Å²) in [6.07, 6.45) is 3.94. The smallest absolute Gasteiger partial charge is 0.136 e. The van der Waals surface area contributed by atoms with Crippen LogP contribution in [-0.4, -0.2) is 12.9 Å². The summed E-state index contributed by atoms with van der Waals surface area (Å²) < 4.78 is 5.33. The van der Waals surface area contributed by atoms with E-state index in [-0.39, 0.29) is 11.3 Å². The normalized spacial score (nSPS) is 33.5. The fourth-order valence-corrected chi connectivity index (χ4v) is 4.25. The Morgan fingerprint density at radius 2 is 2.11 bits per heavy atom. The van der Waals surface area contributed by atoms with Gasteiger partial charge in [-0.2, -0.15) is 0 Å². The largest absolute Gasteiger partial charge is 0.497 e. The monoisotopic (exact) mass is 258 g/mol. The molecule has 2 aliphatic rings. The van der Waals surface area contributed by atoms with E-state index in [9.17, 15) is 4.79 Å². The van der Waals surface area contributed by atoms with Gasteiger partial charge < -0.3 is 4.74 Å². The molecule has 2 nitrogen and oxygen atoms in total. The topological polar surface area (TPSA) is 26.3 Å². The van der Waals surface area contributed by atoms with Gasteiger partial charge in [-0.1, -0.05) is 19.9 Å². The maximum absolute atomic E-state index is 12.0. The minimum atomic E-state index is 0.174. The quantitative estimate of drug-likeness (QED) is 0.770. The van der Waals surface area contributed by atoms with E-state index in [4.69, 9.17) is 4.74 Å². The highest BCUT2D eigenvalue weighted by molar-refractivity contribution is 5.82. The molecule has 0 saturated heterocycles. The number of aryl methyl sites for hydroxylation is 1. The Labute approximate surface area is 115 Å². The number of carbonyl (C=O) groups excluding carboxylic acids is 1. The second kappa shape index (κ2) is 4.36. The molecule has 0 N–H and O–H groups in total. The van der Waals surface area contributed by atoms with Crippen LogP contribution in [0.1, 0.15) is 44.2 Å². The first-order valence-corrected chi connectivity index (χ1v) is 7.26. The van der Waals surface area contributed by atoms with Gasteiger partial charge in [-0.3, -0.25) is 4.79 Å². The van der Waals surface area contributed by atoms with Gasteiger partial charge in [0.2, 0.25) is 0 Å². The molecule has 0 bridgehead atoms. The predicted octanol–water partition coefficient (Wildman–Crippen LogP) is 3.51. The summed E-state index contributed by atoms with van der Waals surface area (Å²) in [7, 11) is 1.72. The molecule has 1 aromatic carbocycles. The van der Waals surface area contributed by atoms with Crippen molar-refractivity contribution in [2.45, 2.75) is 44.9 Å². The number of hydrogen-bond donors (Lipinski definition) is 0. The van der Waals surface area contributed by atoms with E-state index in [1.807, 2.05) is 0 Å². The Hall–Kier alpha value is -1.31. The third-order valence-electron chi connectivity index (χ3n) is 5.47. The first kappa shape index (κ1) is 12.7. The zero-order chi connectivity index (χ0) is 13.6. The molecule has 1 aromatic rings. The average Bonchev–Trinajstić information content (AvgIpc) is 2.43. The summed E-state index contributed by atoms with van der Waals surface area (Å²) in [6.45, 7) is 4.48. The molecule has 2 aliphatic carbocycles. The Morgan fingerprint density at radius 3 is 2.84 bits per heavy atom. The number of rotatable bonds is 1. The van der Waals surface area contributed by atoms with Gasteiger partial charge in [0.25, 0.3) is 0 Å². The second-order valence-corrected chi connectivity index (χ2v) is 6.34. The van der Waals surface area contributed by atoms with Crippen molar-refractivity contribution in [2.24, 2.45) is 11.8 Å². The Balaban J connectivity index is 2.05. The summed E-state index contributed by atoms with van der Waals surface area (Å²) in [4.78, 5) is 12.0. The van der Waals surface area contributed by atoms with Gasteiger partial charge in [0.05, 0.1) is 7.11 Å². The van der Waals surface area contributed by atoms with Gasteiger partial charge in [-0.25, -0.2) is 0 Å². The van der Waals surface area contributed by atoms with Crippen LogP contribution in [0.15, 0.2) is 18.2 Å². The third-order valence-corrected chi connectivity index (χ3v) is 5.47. The van der Waals surface area contributed by atoms with E-state index >= 15 is 0 Å². The molecule has 102 valence electrons. The zero-order valence-electron chi connectivity index (χ0n) is 12.0. The number of ether oxygens (including phenoxy) is 1. The third kappa shape index (κ3) is 1.80. The van der Waals surface area contributed by atoms with Crippen LogP contribution >= 0.6 is 0 Å². The fraction of sp³-hybridized carbons (Fsp3) is 0.588. The predicted molar refractivity (Wildman–Crippen MR) is 75.6 cm³/mol. The lowest BCUT2D eigenvalue weighted by atomic mass is 9.55. The average molecular weight is 258 g/mol. The van der Waals surface area contributed by atoms with Crippen molar-refractivity contribution < 1.29 is 9.53 Å². The molecular weight excluding hydrogens is 236 g/mol. The number of fused-ring (bicyclic) bond motifs is 3. The highest BCUT2D eigenvalue weighted by Crippen LogP contribution is 2.51. The molecular formula is C17H22O2. The molecule has 0 aromatic heterocycles. The number of ketones is 1. The molecule has 19 heavy (non-hydrogen) atoms. The Bertz CT molecular complexity index is 520. The molecule has 0 spiro atoms. The molecule has 3 atom stereocenters. The van der Waals surface area contributed by atoms with E-state index in [0.717, 1.165) is 31.4 Å². The van der Waals surface area contributed by atoms with Gasteiger partial charge in [-0.05, 0) is 53.9 Å². The fourth-order valence-electron chi connectivity index (χ4n) is 4.25. The lowest BCUT2D eigenvalue weighted by molar-refractivity contribution is -0.128.